The Bertz CT molecular complexity index is 1420. The lowest BCUT2D eigenvalue weighted by Gasteiger charge is -2.12. The number of hydrogen-bond acceptors (Lipinski definition) is 4. The van der Waals surface area contributed by atoms with E-state index < -0.39 is 10.0 Å². The van der Waals surface area contributed by atoms with Gasteiger partial charge in [-0.25, -0.2) is 12.4 Å². The number of ether oxygens (including phenoxy) is 1. The first-order valence-corrected chi connectivity index (χ1v) is 9.71. The molecular weight excluding hydrogens is 360 g/mol. The van der Waals surface area contributed by atoms with Gasteiger partial charge < -0.3 is 4.74 Å². The zero-order valence-corrected chi connectivity index (χ0v) is 14.8. The van der Waals surface area contributed by atoms with Gasteiger partial charge >= 0.3 is 0 Å². The Morgan fingerprint density at radius 3 is 2.59 bits per heavy atom. The molecule has 130 valence electrons. The first-order chi connectivity index (χ1) is 13.1. The maximum atomic E-state index is 13.5. The molecule has 3 aromatic carbocycles. The molecule has 0 N–H and O–H groups in total. The smallest absolute Gasteiger partial charge is 0.268 e. The van der Waals surface area contributed by atoms with Gasteiger partial charge in [-0.2, -0.15) is 5.26 Å². The molecule has 1 aliphatic heterocycles. The van der Waals surface area contributed by atoms with Crippen LogP contribution in [0.1, 0.15) is 5.56 Å². The largest absolute Gasteiger partial charge is 0.445 e. The molecule has 1 aliphatic rings. The van der Waals surface area contributed by atoms with Crippen LogP contribution in [0.4, 0.5) is 0 Å². The van der Waals surface area contributed by atoms with Crippen molar-refractivity contribution in [1.29, 1.82) is 5.26 Å². The van der Waals surface area contributed by atoms with Gasteiger partial charge in [0.05, 0.1) is 15.8 Å². The Hall–Kier alpha value is -3.56. The summed E-state index contributed by atoms with van der Waals surface area (Å²) in [6.07, 6.45) is 3.11. The van der Waals surface area contributed by atoms with Crippen molar-refractivity contribution in [2.45, 2.75) is 4.90 Å². The van der Waals surface area contributed by atoms with E-state index in [0.717, 1.165) is 5.39 Å². The van der Waals surface area contributed by atoms with Crippen molar-refractivity contribution in [2.75, 3.05) is 0 Å². The Morgan fingerprint density at radius 2 is 1.74 bits per heavy atom. The molecule has 0 amide bonds. The van der Waals surface area contributed by atoms with E-state index in [4.69, 9.17) is 10.00 Å². The summed E-state index contributed by atoms with van der Waals surface area (Å²) >= 11 is 0. The minimum atomic E-state index is -3.85. The predicted octanol–water partition coefficient (Wildman–Crippen LogP) is 4.29. The molecule has 4 aromatic rings. The van der Waals surface area contributed by atoms with Gasteiger partial charge in [0.15, 0.2) is 0 Å². The average molecular weight is 372 g/mol. The molecule has 2 heterocycles. The van der Waals surface area contributed by atoms with Crippen LogP contribution in [0, 0.1) is 11.3 Å². The summed E-state index contributed by atoms with van der Waals surface area (Å²) in [5, 5.41) is 11.4. The standard InChI is InChI=1S/C21H12N2O3S/c22-12-16-11-15-13-23(18-8-4-9-19(26-16)21(15)18)27(24,25)20-10-3-6-14-5-1-2-7-17(14)20/h1-11,13H. The summed E-state index contributed by atoms with van der Waals surface area (Å²) in [5.41, 5.74) is 1.16. The van der Waals surface area contributed by atoms with Crippen LogP contribution in [0.25, 0.3) is 27.8 Å². The molecule has 5 rings (SSSR count). The van der Waals surface area contributed by atoms with Crippen molar-refractivity contribution in [3.05, 3.63) is 78.2 Å². The number of nitrogens with zero attached hydrogens (tertiary/aromatic N) is 2. The summed E-state index contributed by atoms with van der Waals surface area (Å²) < 4.78 is 33.8. The van der Waals surface area contributed by atoms with E-state index in [0.29, 0.717) is 27.6 Å². The maximum Gasteiger partial charge on any atom is 0.268 e. The van der Waals surface area contributed by atoms with E-state index in [9.17, 15) is 8.42 Å². The highest BCUT2D eigenvalue weighted by Crippen LogP contribution is 2.38. The van der Waals surface area contributed by atoms with Gasteiger partial charge in [0.25, 0.3) is 10.0 Å². The lowest BCUT2D eigenvalue weighted by Crippen LogP contribution is -2.12. The fourth-order valence-electron chi connectivity index (χ4n) is 3.52. The van der Waals surface area contributed by atoms with E-state index in [1.54, 1.807) is 48.7 Å². The highest BCUT2D eigenvalue weighted by molar-refractivity contribution is 7.90. The minimum absolute atomic E-state index is 0.135. The Balaban J connectivity index is 1.84. The number of allylic oxidation sites excluding steroid dienone is 1. The van der Waals surface area contributed by atoms with Crippen LogP contribution in [0.3, 0.4) is 0 Å². The van der Waals surface area contributed by atoms with E-state index in [2.05, 4.69) is 0 Å². The van der Waals surface area contributed by atoms with Crippen molar-refractivity contribution < 1.29 is 13.2 Å². The first-order valence-electron chi connectivity index (χ1n) is 8.27. The van der Waals surface area contributed by atoms with E-state index in [-0.39, 0.29) is 10.7 Å². The number of fused-ring (bicyclic) bond motifs is 1. The Kier molecular flexibility index (Phi) is 3.17. The van der Waals surface area contributed by atoms with Crippen LogP contribution in [0.15, 0.2) is 77.5 Å². The van der Waals surface area contributed by atoms with Crippen LogP contribution in [0.2, 0.25) is 0 Å². The molecule has 0 atom stereocenters. The van der Waals surface area contributed by atoms with Crippen LogP contribution in [0.5, 0.6) is 5.75 Å². The third-order valence-corrected chi connectivity index (χ3v) is 6.42. The number of aromatic nitrogens is 1. The number of benzene rings is 3. The van der Waals surface area contributed by atoms with Crippen LogP contribution >= 0.6 is 0 Å². The fourth-order valence-corrected chi connectivity index (χ4v) is 5.11. The molecule has 0 fully saturated rings. The van der Waals surface area contributed by atoms with E-state index in [1.165, 1.54) is 3.97 Å². The topological polar surface area (TPSA) is 72.1 Å². The molecular formula is C21H12N2O3S. The third-order valence-electron chi connectivity index (χ3n) is 4.69. The van der Waals surface area contributed by atoms with Gasteiger partial charge in [-0.15, -0.1) is 0 Å². The van der Waals surface area contributed by atoms with Gasteiger partial charge in [0, 0.05) is 23.2 Å². The first kappa shape index (κ1) is 15.7. The van der Waals surface area contributed by atoms with Crippen LogP contribution in [-0.4, -0.2) is 12.4 Å². The monoisotopic (exact) mass is 372 g/mol. The lowest BCUT2D eigenvalue weighted by atomic mass is 10.1. The quantitative estimate of drug-likeness (QED) is 0.526. The summed E-state index contributed by atoms with van der Waals surface area (Å²) in [4.78, 5) is 0.235. The molecule has 0 bridgehead atoms. The highest BCUT2D eigenvalue weighted by atomic mass is 32.2. The second-order valence-corrected chi connectivity index (χ2v) is 8.02. The predicted molar refractivity (Wildman–Crippen MR) is 103 cm³/mol. The van der Waals surface area contributed by atoms with Gasteiger partial charge in [-0.1, -0.05) is 42.5 Å². The molecule has 0 unspecified atom stereocenters. The SMILES string of the molecule is N#CC1=Cc2cn(S(=O)(=O)c3cccc4ccccc34)c3cccc(c23)O1. The second-order valence-electron chi connectivity index (χ2n) is 6.24. The molecule has 0 spiro atoms. The molecule has 0 saturated heterocycles. The van der Waals surface area contributed by atoms with Crippen molar-refractivity contribution in [1.82, 2.24) is 3.97 Å². The highest BCUT2D eigenvalue weighted by Gasteiger charge is 2.26. The number of rotatable bonds is 2. The lowest BCUT2D eigenvalue weighted by molar-refractivity contribution is 0.455. The summed E-state index contributed by atoms with van der Waals surface area (Å²) in [5.74, 6) is 0.615. The zero-order valence-electron chi connectivity index (χ0n) is 14.0. The zero-order chi connectivity index (χ0) is 18.6. The van der Waals surface area contributed by atoms with Crippen LogP contribution in [-0.2, 0) is 10.0 Å². The van der Waals surface area contributed by atoms with Crippen molar-refractivity contribution >= 4 is 37.8 Å². The van der Waals surface area contributed by atoms with Crippen molar-refractivity contribution in [3.8, 4) is 11.8 Å². The van der Waals surface area contributed by atoms with Gasteiger partial charge in [-0.3, -0.25) is 0 Å². The van der Waals surface area contributed by atoms with Crippen molar-refractivity contribution in [2.24, 2.45) is 0 Å². The van der Waals surface area contributed by atoms with Gasteiger partial charge in [0.2, 0.25) is 5.76 Å². The average Bonchev–Trinajstić information content (AvgIpc) is 3.08. The van der Waals surface area contributed by atoms with Crippen molar-refractivity contribution in [3.63, 3.8) is 0 Å². The molecule has 5 nitrogen and oxygen atoms in total. The number of hydrogen-bond donors (Lipinski definition) is 0. The molecule has 1 aromatic heterocycles. The maximum absolute atomic E-state index is 13.5. The summed E-state index contributed by atoms with van der Waals surface area (Å²) in [7, 11) is -3.85. The summed E-state index contributed by atoms with van der Waals surface area (Å²) in [6.45, 7) is 0. The fraction of sp³-hybridized carbons (Fsp3) is 0. The van der Waals surface area contributed by atoms with Crippen LogP contribution < -0.4 is 4.74 Å². The van der Waals surface area contributed by atoms with Gasteiger partial charge in [-0.05, 0) is 23.6 Å². The third kappa shape index (κ3) is 2.19. The molecule has 0 saturated carbocycles. The minimum Gasteiger partial charge on any atom is -0.445 e. The second kappa shape index (κ2) is 5.47. The molecule has 6 heteroatoms. The molecule has 0 radical (unpaired) electrons. The Labute approximate surface area is 155 Å². The molecule has 0 aliphatic carbocycles. The molecule has 27 heavy (non-hydrogen) atoms. The summed E-state index contributed by atoms with van der Waals surface area (Å²) in [6, 6.07) is 19.8. The normalized spacial score (nSPS) is 13.2. The number of nitriles is 1. The van der Waals surface area contributed by atoms with E-state index in [1.807, 2.05) is 30.3 Å². The van der Waals surface area contributed by atoms with E-state index >= 15 is 0 Å². The van der Waals surface area contributed by atoms with Gasteiger partial charge in [0.1, 0.15) is 11.8 Å². The Morgan fingerprint density at radius 1 is 0.963 bits per heavy atom.